The Morgan fingerprint density at radius 2 is 2.38 bits per heavy atom. The lowest BCUT2D eigenvalue weighted by Gasteiger charge is -1.94. The van der Waals surface area contributed by atoms with Crippen molar-refractivity contribution in [1.29, 1.82) is 0 Å². The van der Waals surface area contributed by atoms with Crippen molar-refractivity contribution in [3.63, 3.8) is 0 Å². The van der Waals surface area contributed by atoms with Crippen molar-refractivity contribution in [2.75, 3.05) is 11.9 Å². The zero-order chi connectivity index (χ0) is 9.84. The second-order valence-corrected chi connectivity index (χ2v) is 2.86. The predicted molar refractivity (Wildman–Crippen MR) is 44.5 cm³/mol. The van der Waals surface area contributed by atoms with Gasteiger partial charge >= 0.3 is 12.0 Å². The predicted octanol–water partition coefficient (Wildman–Crippen LogP) is 0.690. The van der Waals surface area contributed by atoms with Crippen LogP contribution in [0.4, 0.5) is 6.01 Å². The molecule has 1 aromatic rings. The Kier molecular flexibility index (Phi) is 2.84. The van der Waals surface area contributed by atoms with Gasteiger partial charge in [-0.25, -0.2) is 0 Å². The molecule has 13 heavy (non-hydrogen) atoms. The van der Waals surface area contributed by atoms with Crippen LogP contribution in [0.2, 0.25) is 0 Å². The van der Waals surface area contributed by atoms with Crippen molar-refractivity contribution in [3.05, 3.63) is 5.82 Å². The summed E-state index contributed by atoms with van der Waals surface area (Å²) in [6.45, 7) is 3.62. The Labute approximate surface area is 74.9 Å². The summed E-state index contributed by atoms with van der Waals surface area (Å²) < 4.78 is 4.74. The number of aliphatic carboxylic acids is 1. The molecule has 6 nitrogen and oxygen atoms in total. The van der Waals surface area contributed by atoms with Crippen molar-refractivity contribution >= 4 is 12.0 Å². The number of aromatic nitrogens is 2. The van der Waals surface area contributed by atoms with E-state index in [0.29, 0.717) is 5.82 Å². The van der Waals surface area contributed by atoms with Crippen LogP contribution in [0.5, 0.6) is 0 Å². The first kappa shape index (κ1) is 9.50. The van der Waals surface area contributed by atoms with Crippen LogP contribution in [0.25, 0.3) is 0 Å². The van der Waals surface area contributed by atoms with Crippen LogP contribution in [0.3, 0.4) is 0 Å². The average Bonchev–Trinajstić information content (AvgIpc) is 2.48. The van der Waals surface area contributed by atoms with E-state index in [9.17, 15) is 4.79 Å². The molecule has 2 N–H and O–H groups in total. The van der Waals surface area contributed by atoms with E-state index in [4.69, 9.17) is 9.63 Å². The summed E-state index contributed by atoms with van der Waals surface area (Å²) in [4.78, 5) is 14.1. The summed E-state index contributed by atoms with van der Waals surface area (Å²) >= 11 is 0. The van der Waals surface area contributed by atoms with Crippen molar-refractivity contribution < 1.29 is 14.4 Å². The summed E-state index contributed by atoms with van der Waals surface area (Å²) in [6, 6.07) is 0.145. The van der Waals surface area contributed by atoms with E-state index in [-0.39, 0.29) is 18.5 Å². The monoisotopic (exact) mass is 185 g/mol. The molecule has 0 unspecified atom stereocenters. The largest absolute Gasteiger partial charge is 0.480 e. The second-order valence-electron chi connectivity index (χ2n) is 2.86. The number of carboxylic acid groups (broad SMARTS) is 1. The summed E-state index contributed by atoms with van der Waals surface area (Å²) in [5.41, 5.74) is 0. The highest BCUT2D eigenvalue weighted by Crippen LogP contribution is 2.11. The van der Waals surface area contributed by atoms with E-state index < -0.39 is 5.97 Å². The van der Waals surface area contributed by atoms with Gasteiger partial charge in [0.1, 0.15) is 6.54 Å². The molecule has 6 heteroatoms. The molecule has 1 heterocycles. The molecule has 0 saturated heterocycles. The van der Waals surface area contributed by atoms with Gasteiger partial charge in [-0.3, -0.25) is 4.79 Å². The number of carboxylic acids is 1. The zero-order valence-corrected chi connectivity index (χ0v) is 7.44. The molecule has 0 spiro atoms. The normalized spacial score (nSPS) is 10.4. The third-order valence-corrected chi connectivity index (χ3v) is 1.35. The highest BCUT2D eigenvalue weighted by molar-refractivity contribution is 5.71. The van der Waals surface area contributed by atoms with Crippen LogP contribution in [-0.4, -0.2) is 27.8 Å². The van der Waals surface area contributed by atoms with Gasteiger partial charge in [0, 0.05) is 5.92 Å². The van der Waals surface area contributed by atoms with Crippen LogP contribution >= 0.6 is 0 Å². The van der Waals surface area contributed by atoms with Gasteiger partial charge in [-0.15, -0.1) is 0 Å². The molecule has 0 amide bonds. The molecule has 0 aliphatic carbocycles. The van der Waals surface area contributed by atoms with E-state index in [2.05, 4.69) is 15.5 Å². The number of nitrogens with one attached hydrogen (secondary N) is 1. The summed E-state index contributed by atoms with van der Waals surface area (Å²) in [6.07, 6.45) is 0. The van der Waals surface area contributed by atoms with E-state index in [0.717, 1.165) is 0 Å². The number of nitrogens with zero attached hydrogens (tertiary/aromatic N) is 2. The van der Waals surface area contributed by atoms with Crippen molar-refractivity contribution in [1.82, 2.24) is 10.1 Å². The van der Waals surface area contributed by atoms with Crippen LogP contribution in [0.15, 0.2) is 4.52 Å². The van der Waals surface area contributed by atoms with Gasteiger partial charge in [0.05, 0.1) is 0 Å². The highest BCUT2D eigenvalue weighted by atomic mass is 16.5. The van der Waals surface area contributed by atoms with Crippen LogP contribution in [-0.2, 0) is 4.79 Å². The summed E-state index contributed by atoms with van der Waals surface area (Å²) in [7, 11) is 0. The fourth-order valence-electron chi connectivity index (χ4n) is 0.692. The Morgan fingerprint density at radius 1 is 1.69 bits per heavy atom. The minimum absolute atomic E-state index is 0.145. The van der Waals surface area contributed by atoms with E-state index in [1.54, 1.807) is 0 Å². The van der Waals surface area contributed by atoms with Crippen molar-refractivity contribution in [3.8, 4) is 0 Å². The molecule has 0 radical (unpaired) electrons. The van der Waals surface area contributed by atoms with Crippen LogP contribution < -0.4 is 5.32 Å². The van der Waals surface area contributed by atoms with Crippen molar-refractivity contribution in [2.45, 2.75) is 19.8 Å². The maximum Gasteiger partial charge on any atom is 0.323 e. The lowest BCUT2D eigenvalue weighted by molar-refractivity contribution is -0.134. The smallest absolute Gasteiger partial charge is 0.323 e. The number of hydrogen-bond donors (Lipinski definition) is 2. The van der Waals surface area contributed by atoms with Gasteiger partial charge in [-0.2, -0.15) is 4.98 Å². The molecule has 1 aromatic heterocycles. The molecule has 0 aromatic carbocycles. The molecule has 0 bridgehead atoms. The molecule has 0 saturated carbocycles. The standard InChI is InChI=1S/C7H11N3O3/c1-4(2)6-9-7(13-10-6)8-3-5(11)12/h4H,3H2,1-2H3,(H,11,12)(H,8,9,10). The van der Waals surface area contributed by atoms with E-state index in [1.807, 2.05) is 13.8 Å². The summed E-state index contributed by atoms with van der Waals surface area (Å²) in [5.74, 6) is -0.235. The molecule has 72 valence electrons. The Hall–Kier alpha value is -1.59. The quantitative estimate of drug-likeness (QED) is 0.717. The Morgan fingerprint density at radius 3 is 2.85 bits per heavy atom. The Balaban J connectivity index is 2.54. The maximum absolute atomic E-state index is 10.2. The maximum atomic E-state index is 10.2. The number of hydrogen-bond acceptors (Lipinski definition) is 5. The van der Waals surface area contributed by atoms with Gasteiger partial charge in [-0.05, 0) is 0 Å². The first-order chi connectivity index (χ1) is 6.09. The molecular weight excluding hydrogens is 174 g/mol. The van der Waals surface area contributed by atoms with Crippen molar-refractivity contribution in [2.24, 2.45) is 0 Å². The number of rotatable bonds is 4. The van der Waals surface area contributed by atoms with Gasteiger partial charge in [0.2, 0.25) is 0 Å². The second kappa shape index (κ2) is 3.88. The fourth-order valence-corrected chi connectivity index (χ4v) is 0.692. The fraction of sp³-hybridized carbons (Fsp3) is 0.571. The topological polar surface area (TPSA) is 88.2 Å². The van der Waals surface area contributed by atoms with Gasteiger partial charge in [-0.1, -0.05) is 19.0 Å². The number of carbonyl (C=O) groups is 1. The minimum Gasteiger partial charge on any atom is -0.480 e. The van der Waals surface area contributed by atoms with Gasteiger partial charge < -0.3 is 14.9 Å². The minimum atomic E-state index is -0.968. The first-order valence-electron chi connectivity index (χ1n) is 3.89. The average molecular weight is 185 g/mol. The van der Waals surface area contributed by atoms with Crippen LogP contribution in [0.1, 0.15) is 25.6 Å². The third kappa shape index (κ3) is 2.73. The molecule has 0 atom stereocenters. The third-order valence-electron chi connectivity index (χ3n) is 1.35. The first-order valence-corrected chi connectivity index (χ1v) is 3.89. The van der Waals surface area contributed by atoms with Gasteiger partial charge in [0.15, 0.2) is 5.82 Å². The SMILES string of the molecule is CC(C)c1noc(NCC(=O)O)n1. The lowest BCUT2D eigenvalue weighted by atomic mass is 10.2. The molecule has 0 fully saturated rings. The Bertz CT molecular complexity index is 295. The summed E-state index contributed by atoms with van der Waals surface area (Å²) in [5, 5.41) is 14.5. The molecule has 0 aliphatic rings. The van der Waals surface area contributed by atoms with Gasteiger partial charge in [0.25, 0.3) is 0 Å². The number of anilines is 1. The molecule has 1 rings (SSSR count). The molecular formula is C7H11N3O3. The highest BCUT2D eigenvalue weighted by Gasteiger charge is 2.09. The van der Waals surface area contributed by atoms with Crippen LogP contribution in [0, 0.1) is 0 Å². The lowest BCUT2D eigenvalue weighted by Crippen LogP contribution is -2.12. The van der Waals surface area contributed by atoms with E-state index >= 15 is 0 Å². The zero-order valence-electron chi connectivity index (χ0n) is 7.44. The van der Waals surface area contributed by atoms with E-state index in [1.165, 1.54) is 0 Å². The molecule has 0 aliphatic heterocycles.